The lowest BCUT2D eigenvalue weighted by atomic mass is 10.0. The Kier molecular flexibility index (Phi) is 68.2. The Morgan fingerprint density at radius 2 is 0.470 bits per heavy atom. The fraction of sp³-hybridized carbons (Fsp3) is 0.779. The molecule has 0 fully saturated rings. The van der Waals surface area contributed by atoms with Gasteiger partial charge in [0.25, 0.3) is 0 Å². The summed E-state index contributed by atoms with van der Waals surface area (Å²) in [6.07, 6.45) is 94.8. The number of carbonyl (C=O) groups excluding carboxylic acids is 3. The highest BCUT2D eigenvalue weighted by molar-refractivity contribution is 5.71. The van der Waals surface area contributed by atoms with Crippen molar-refractivity contribution in [3.63, 3.8) is 0 Å². The second-order valence-corrected chi connectivity index (χ2v) is 24.1. The molecule has 0 aliphatic carbocycles. The maximum atomic E-state index is 13.0. The highest BCUT2D eigenvalue weighted by Crippen LogP contribution is 2.18. The average Bonchev–Trinajstić information content (AvgIpc) is 3.49. The van der Waals surface area contributed by atoms with Gasteiger partial charge in [-0.05, 0) is 89.9 Å². The van der Waals surface area contributed by atoms with Crippen LogP contribution in [0, 0.1) is 0 Å². The van der Waals surface area contributed by atoms with Gasteiger partial charge < -0.3 is 14.2 Å². The van der Waals surface area contributed by atoms with Crippen molar-refractivity contribution in [2.45, 2.75) is 374 Å². The number of ether oxygens (including phenoxy) is 3. The van der Waals surface area contributed by atoms with Gasteiger partial charge in [-0.25, -0.2) is 0 Å². The predicted molar refractivity (Wildman–Crippen MR) is 362 cm³/mol. The highest BCUT2D eigenvalue weighted by Gasteiger charge is 2.19. The number of carbonyl (C=O) groups is 3. The van der Waals surface area contributed by atoms with E-state index in [0.29, 0.717) is 19.3 Å². The Bertz CT molecular complexity index is 1570. The van der Waals surface area contributed by atoms with E-state index in [1.807, 2.05) is 0 Å². The summed E-state index contributed by atoms with van der Waals surface area (Å²) in [6.45, 7) is 6.46. The molecule has 0 bridgehead atoms. The van der Waals surface area contributed by atoms with Crippen molar-refractivity contribution >= 4 is 17.9 Å². The number of allylic oxidation sites excluding steroid dienone is 14. The first kappa shape index (κ1) is 79.6. The van der Waals surface area contributed by atoms with Gasteiger partial charge in [-0.1, -0.05) is 343 Å². The zero-order valence-electron chi connectivity index (χ0n) is 55.2. The molecule has 480 valence electrons. The van der Waals surface area contributed by atoms with E-state index in [1.165, 1.54) is 205 Å². The summed E-state index contributed by atoms with van der Waals surface area (Å²) in [6, 6.07) is 0. The van der Waals surface area contributed by atoms with Gasteiger partial charge in [0.05, 0.1) is 0 Å². The molecule has 0 saturated carbocycles. The third-order valence-electron chi connectivity index (χ3n) is 15.9. The zero-order chi connectivity index (χ0) is 59.9. The average molecular weight is 1160 g/mol. The summed E-state index contributed by atoms with van der Waals surface area (Å²) in [4.78, 5) is 38.5. The van der Waals surface area contributed by atoms with Gasteiger partial charge in [0.15, 0.2) is 6.10 Å². The molecule has 1 atom stereocenters. The van der Waals surface area contributed by atoms with E-state index in [9.17, 15) is 14.4 Å². The third kappa shape index (κ3) is 69.3. The summed E-state index contributed by atoms with van der Waals surface area (Å²) >= 11 is 0. The molecule has 0 aromatic rings. The van der Waals surface area contributed by atoms with E-state index in [4.69, 9.17) is 14.2 Å². The lowest BCUT2D eigenvalue weighted by Crippen LogP contribution is -2.30. The Morgan fingerprint density at radius 3 is 0.735 bits per heavy atom. The molecule has 0 amide bonds. The maximum Gasteiger partial charge on any atom is 0.306 e. The highest BCUT2D eigenvalue weighted by atomic mass is 16.6. The number of rotatable bonds is 66. The summed E-state index contributed by atoms with van der Waals surface area (Å²) in [5.74, 6) is -0.883. The van der Waals surface area contributed by atoms with Crippen LogP contribution in [0.3, 0.4) is 0 Å². The summed E-state index contributed by atoms with van der Waals surface area (Å²) in [5, 5.41) is 0. The van der Waals surface area contributed by atoms with Crippen LogP contribution in [0.1, 0.15) is 367 Å². The topological polar surface area (TPSA) is 78.9 Å². The first-order valence-electron chi connectivity index (χ1n) is 36.1. The van der Waals surface area contributed by atoms with Crippen LogP contribution >= 0.6 is 0 Å². The fourth-order valence-corrected chi connectivity index (χ4v) is 10.6. The molecule has 6 heteroatoms. The van der Waals surface area contributed by atoms with Gasteiger partial charge in [-0.2, -0.15) is 0 Å². The van der Waals surface area contributed by atoms with Gasteiger partial charge in [0.2, 0.25) is 0 Å². The van der Waals surface area contributed by atoms with Crippen LogP contribution < -0.4 is 0 Å². The normalized spacial score (nSPS) is 12.6. The fourth-order valence-electron chi connectivity index (χ4n) is 10.6. The largest absolute Gasteiger partial charge is 0.462 e. The Morgan fingerprint density at radius 1 is 0.253 bits per heavy atom. The molecule has 0 spiro atoms. The van der Waals surface area contributed by atoms with Crippen molar-refractivity contribution in [1.29, 1.82) is 0 Å². The maximum absolute atomic E-state index is 13.0. The van der Waals surface area contributed by atoms with E-state index in [0.717, 1.165) is 122 Å². The molecule has 1 unspecified atom stereocenters. The van der Waals surface area contributed by atoms with Crippen LogP contribution in [0.25, 0.3) is 0 Å². The molecular weight excluding hydrogens is 1020 g/mol. The Hall–Kier alpha value is -3.41. The quantitative estimate of drug-likeness (QED) is 0.0261. The van der Waals surface area contributed by atoms with Crippen LogP contribution in [-0.4, -0.2) is 37.2 Å². The molecule has 0 N–H and O–H groups in total. The lowest BCUT2D eigenvalue weighted by Gasteiger charge is -2.18. The standard InChI is InChI=1S/C77H136O6/c1-4-7-10-13-16-19-22-25-28-30-32-34-36-37-38-39-41-42-44-46-49-52-55-58-61-64-67-70-76(79)82-73-74(72-81-75(78)69-66-63-60-57-54-51-48-27-24-21-18-15-12-9-6-3)83-77(80)71-68-65-62-59-56-53-50-47-45-43-40-35-33-31-29-26-23-20-17-14-11-8-5-2/h8-9,11-12,17-18,20-21,26-27,29,33,35,48,74H,4-7,10,13-16,19,22-25,28,30-32,34,36-47,49-73H2,1-3H3/b11-8-,12-9-,20-17-,21-18-,29-26-,35-33-,48-27-. The second kappa shape index (κ2) is 71.1. The SMILES string of the molecule is CC/C=C\C/C=C\C/C=C\C/C=C\CCCCCCCCCCCCC(=O)OC(COC(=O)CCCCCCC/C=C\C/C=C\C/C=C\CC)COC(=O)CCCCCCCCCCCCCCCCCCCCCCCCCCCCC. The van der Waals surface area contributed by atoms with Crippen molar-refractivity contribution in [3.8, 4) is 0 Å². The molecule has 0 rings (SSSR count). The van der Waals surface area contributed by atoms with Gasteiger partial charge >= 0.3 is 17.9 Å². The first-order valence-corrected chi connectivity index (χ1v) is 36.1. The van der Waals surface area contributed by atoms with E-state index in [1.54, 1.807) is 0 Å². The summed E-state index contributed by atoms with van der Waals surface area (Å²) in [7, 11) is 0. The molecule has 0 heterocycles. The van der Waals surface area contributed by atoms with Gasteiger partial charge in [0.1, 0.15) is 13.2 Å². The molecule has 0 aliphatic rings. The van der Waals surface area contributed by atoms with Crippen LogP contribution in [0.5, 0.6) is 0 Å². The van der Waals surface area contributed by atoms with Gasteiger partial charge in [0, 0.05) is 19.3 Å². The lowest BCUT2D eigenvalue weighted by molar-refractivity contribution is -0.167. The van der Waals surface area contributed by atoms with Crippen LogP contribution in [0.15, 0.2) is 85.1 Å². The smallest absolute Gasteiger partial charge is 0.306 e. The molecule has 6 nitrogen and oxygen atoms in total. The first-order chi connectivity index (χ1) is 41.0. The Balaban J connectivity index is 4.28. The van der Waals surface area contributed by atoms with Crippen LogP contribution in [0.2, 0.25) is 0 Å². The van der Waals surface area contributed by atoms with Gasteiger partial charge in [-0.3, -0.25) is 14.4 Å². The number of hydrogen-bond donors (Lipinski definition) is 0. The van der Waals surface area contributed by atoms with Crippen molar-refractivity contribution in [1.82, 2.24) is 0 Å². The molecule has 0 aliphatic heterocycles. The summed E-state index contributed by atoms with van der Waals surface area (Å²) in [5.41, 5.74) is 0. The number of esters is 3. The molecule has 0 aromatic heterocycles. The molecule has 0 radical (unpaired) electrons. The third-order valence-corrected chi connectivity index (χ3v) is 15.9. The minimum Gasteiger partial charge on any atom is -0.462 e. The van der Waals surface area contributed by atoms with E-state index in [2.05, 4.69) is 106 Å². The van der Waals surface area contributed by atoms with E-state index < -0.39 is 6.10 Å². The number of hydrogen-bond acceptors (Lipinski definition) is 6. The van der Waals surface area contributed by atoms with E-state index in [-0.39, 0.29) is 31.1 Å². The minimum absolute atomic E-state index is 0.0805. The molecule has 0 aromatic carbocycles. The van der Waals surface area contributed by atoms with Crippen molar-refractivity contribution in [2.75, 3.05) is 13.2 Å². The molecule has 83 heavy (non-hydrogen) atoms. The van der Waals surface area contributed by atoms with E-state index >= 15 is 0 Å². The minimum atomic E-state index is -0.787. The van der Waals surface area contributed by atoms with Crippen molar-refractivity contribution in [3.05, 3.63) is 85.1 Å². The number of unbranched alkanes of at least 4 members (excludes halogenated alkanes) is 41. The predicted octanol–water partition coefficient (Wildman–Crippen LogP) is 25.0. The monoisotopic (exact) mass is 1160 g/mol. The second-order valence-electron chi connectivity index (χ2n) is 24.1. The van der Waals surface area contributed by atoms with Gasteiger partial charge in [-0.15, -0.1) is 0 Å². The molecular formula is C77H136O6. The summed E-state index contributed by atoms with van der Waals surface area (Å²) < 4.78 is 17.0. The van der Waals surface area contributed by atoms with Crippen LogP contribution in [0.4, 0.5) is 0 Å². The zero-order valence-corrected chi connectivity index (χ0v) is 55.2. The molecule has 0 saturated heterocycles. The van der Waals surface area contributed by atoms with Crippen molar-refractivity contribution < 1.29 is 28.6 Å². The van der Waals surface area contributed by atoms with Crippen LogP contribution in [-0.2, 0) is 28.6 Å². The van der Waals surface area contributed by atoms with Crippen molar-refractivity contribution in [2.24, 2.45) is 0 Å². The Labute approximate surface area is 515 Å².